The highest BCUT2D eigenvalue weighted by molar-refractivity contribution is 7.19. The summed E-state index contributed by atoms with van der Waals surface area (Å²) in [5, 5.41) is 23.5. The second kappa shape index (κ2) is 11.2. The van der Waals surface area contributed by atoms with E-state index in [1.807, 2.05) is 24.3 Å². The molecule has 0 saturated carbocycles. The van der Waals surface area contributed by atoms with Crippen LogP contribution in [0.3, 0.4) is 0 Å². The molecule has 0 spiro atoms. The van der Waals surface area contributed by atoms with E-state index < -0.39 is 0 Å². The number of hydrogen-bond acceptors (Lipinski definition) is 6. The summed E-state index contributed by atoms with van der Waals surface area (Å²) in [5.74, 6) is -0.757. The molecule has 6 nitrogen and oxygen atoms in total. The minimum Gasteiger partial charge on any atom is -0.507 e. The van der Waals surface area contributed by atoms with E-state index in [4.69, 9.17) is 0 Å². The molecule has 0 aliphatic heterocycles. The van der Waals surface area contributed by atoms with Crippen LogP contribution in [0.4, 0.5) is 0 Å². The first-order valence-electron chi connectivity index (χ1n) is 14.1. The van der Waals surface area contributed by atoms with Gasteiger partial charge in [-0.1, -0.05) is 73.6 Å². The fraction of sp³-hybridized carbons (Fsp3) is 0.273. The van der Waals surface area contributed by atoms with Crippen LogP contribution in [0, 0.1) is 0 Å². The SMILES string of the molecule is CCCC[n+]1c(C=C2C(=O)C(CC3=C(O)C(=Cc4sc5ccccc5[n+]4CCCC)C3=O)=C2O)sc2ccccc21. The number of rotatable bonds is 10. The number of aliphatic hydroxyl groups is 2. The standard InChI is InChI=1S/C33H30N2O4S2/c1-3-5-15-34-24-11-7-9-13-26(24)40-28(34)18-22-30(36)20(31(22)37)17-21-32(38)23(33(21)39)19-29-35(16-6-4-2)25-12-8-10-14-27(25)41-29/h7-14,18-19H,3-6,15-17H2,1-2H3/p+2. The number of aromatic nitrogens is 2. The number of allylic oxidation sites excluding steroid dienone is 4. The Morgan fingerprint density at radius 3 is 1.49 bits per heavy atom. The molecule has 8 heteroatoms. The first-order chi connectivity index (χ1) is 19.9. The molecular formula is C33H32N2O4S2+2. The van der Waals surface area contributed by atoms with E-state index in [9.17, 15) is 19.8 Å². The highest BCUT2D eigenvalue weighted by atomic mass is 32.1. The maximum absolute atomic E-state index is 13.1. The number of fused-ring (bicyclic) bond motifs is 2. The van der Waals surface area contributed by atoms with Crippen LogP contribution in [-0.4, -0.2) is 21.8 Å². The van der Waals surface area contributed by atoms with E-state index in [2.05, 4.69) is 47.2 Å². The molecule has 0 amide bonds. The Kier molecular flexibility index (Phi) is 7.45. The zero-order valence-corrected chi connectivity index (χ0v) is 24.8. The van der Waals surface area contributed by atoms with Crippen molar-refractivity contribution in [3.8, 4) is 0 Å². The van der Waals surface area contributed by atoms with E-state index in [0.29, 0.717) is 0 Å². The smallest absolute Gasteiger partial charge is 0.263 e. The Labute approximate surface area is 246 Å². The summed E-state index contributed by atoms with van der Waals surface area (Å²) in [5.41, 5.74) is 3.07. The van der Waals surface area contributed by atoms with Crippen LogP contribution in [-0.2, 0) is 22.7 Å². The molecule has 2 N–H and O–H groups in total. The lowest BCUT2D eigenvalue weighted by Gasteiger charge is -2.25. The largest absolute Gasteiger partial charge is 0.507 e. The number of para-hydroxylation sites is 2. The van der Waals surface area contributed by atoms with Crippen molar-refractivity contribution in [2.24, 2.45) is 0 Å². The maximum atomic E-state index is 13.1. The molecule has 41 heavy (non-hydrogen) atoms. The Bertz CT molecular complexity index is 1720. The summed E-state index contributed by atoms with van der Waals surface area (Å²) >= 11 is 3.17. The van der Waals surface area contributed by atoms with Crippen LogP contribution in [0.25, 0.3) is 32.6 Å². The van der Waals surface area contributed by atoms with Crippen molar-refractivity contribution in [1.82, 2.24) is 0 Å². The molecule has 0 saturated heterocycles. The predicted octanol–water partition coefficient (Wildman–Crippen LogP) is 6.94. The van der Waals surface area contributed by atoms with Crippen LogP contribution in [0.1, 0.15) is 56.0 Å². The van der Waals surface area contributed by atoms with Gasteiger partial charge in [0, 0.05) is 54.7 Å². The second-order valence-electron chi connectivity index (χ2n) is 10.4. The number of ketones is 2. The molecule has 0 atom stereocenters. The number of Topliss-reactive ketones (excluding diaryl/α,β-unsaturated/α-hetero) is 2. The summed E-state index contributed by atoms with van der Waals surface area (Å²) in [6, 6.07) is 16.2. The summed E-state index contributed by atoms with van der Waals surface area (Å²) in [4.78, 5) is 26.2. The lowest BCUT2D eigenvalue weighted by atomic mass is 9.77. The van der Waals surface area contributed by atoms with Crippen molar-refractivity contribution < 1.29 is 28.9 Å². The number of unbranched alkanes of at least 4 members (excludes halogenated alkanes) is 2. The molecule has 2 aliphatic rings. The summed E-state index contributed by atoms with van der Waals surface area (Å²) in [6.07, 6.45) is 7.54. The van der Waals surface area contributed by atoms with Crippen LogP contribution in [0.2, 0.25) is 0 Å². The first kappa shape index (κ1) is 27.3. The van der Waals surface area contributed by atoms with Crippen LogP contribution in [0.15, 0.2) is 82.3 Å². The molecule has 2 aromatic heterocycles. The molecule has 2 aromatic carbocycles. The zero-order valence-electron chi connectivity index (χ0n) is 23.1. The van der Waals surface area contributed by atoms with Gasteiger partial charge in [-0.15, -0.1) is 0 Å². The highest BCUT2D eigenvalue weighted by Gasteiger charge is 2.41. The highest BCUT2D eigenvalue weighted by Crippen LogP contribution is 2.41. The molecule has 6 rings (SSSR count). The predicted molar refractivity (Wildman–Crippen MR) is 164 cm³/mol. The number of nitrogens with zero attached hydrogens (tertiary/aromatic N) is 2. The summed E-state index contributed by atoms with van der Waals surface area (Å²) < 4.78 is 6.62. The molecule has 2 heterocycles. The molecule has 4 aromatic rings. The lowest BCUT2D eigenvalue weighted by Crippen LogP contribution is -2.36. The van der Waals surface area contributed by atoms with Crippen LogP contribution in [0.5, 0.6) is 0 Å². The van der Waals surface area contributed by atoms with Crippen LogP contribution < -0.4 is 9.13 Å². The Morgan fingerprint density at radius 1 is 0.683 bits per heavy atom. The van der Waals surface area contributed by atoms with E-state index in [1.165, 1.54) is 0 Å². The summed E-state index contributed by atoms with van der Waals surface area (Å²) in [7, 11) is 0. The van der Waals surface area contributed by atoms with Gasteiger partial charge in [0.2, 0.25) is 11.0 Å². The number of carbonyl (C=O) groups is 2. The number of aliphatic hydroxyl groups excluding tert-OH is 2. The number of benzene rings is 2. The van der Waals surface area contributed by atoms with Gasteiger partial charge in [-0.2, -0.15) is 9.13 Å². The van der Waals surface area contributed by atoms with E-state index in [-0.39, 0.29) is 51.8 Å². The zero-order chi connectivity index (χ0) is 28.7. The topological polar surface area (TPSA) is 82.4 Å². The number of aryl methyl sites for hydroxylation is 2. The molecule has 2 aliphatic carbocycles. The normalized spacial score (nSPS) is 17.4. The monoisotopic (exact) mass is 584 g/mol. The Balaban J connectivity index is 1.28. The van der Waals surface area contributed by atoms with Crippen molar-refractivity contribution in [2.75, 3.05) is 0 Å². The fourth-order valence-electron chi connectivity index (χ4n) is 5.39. The molecular weight excluding hydrogens is 553 g/mol. The second-order valence-corrected chi connectivity index (χ2v) is 12.6. The van der Waals surface area contributed by atoms with Gasteiger partial charge < -0.3 is 10.2 Å². The van der Waals surface area contributed by atoms with Gasteiger partial charge in [0.1, 0.15) is 20.9 Å². The van der Waals surface area contributed by atoms with Crippen molar-refractivity contribution in [3.63, 3.8) is 0 Å². The van der Waals surface area contributed by atoms with E-state index in [1.54, 1.807) is 34.8 Å². The van der Waals surface area contributed by atoms with Gasteiger partial charge in [-0.05, 0) is 12.1 Å². The van der Waals surface area contributed by atoms with Crippen molar-refractivity contribution in [3.05, 3.63) is 92.4 Å². The number of carbonyl (C=O) groups excluding carboxylic acids is 2. The van der Waals surface area contributed by atoms with Crippen LogP contribution >= 0.6 is 22.7 Å². The van der Waals surface area contributed by atoms with E-state index in [0.717, 1.165) is 69.2 Å². The number of thiazole rings is 2. The maximum Gasteiger partial charge on any atom is 0.263 e. The van der Waals surface area contributed by atoms with Gasteiger partial charge in [0.15, 0.2) is 24.7 Å². The van der Waals surface area contributed by atoms with Gasteiger partial charge in [0.05, 0.1) is 11.1 Å². The molecule has 0 unspecified atom stereocenters. The third kappa shape index (κ3) is 4.75. The molecule has 0 bridgehead atoms. The first-order valence-corrected chi connectivity index (χ1v) is 15.8. The van der Waals surface area contributed by atoms with Gasteiger partial charge in [-0.3, -0.25) is 9.59 Å². The lowest BCUT2D eigenvalue weighted by molar-refractivity contribution is -0.669. The quantitative estimate of drug-likeness (QED) is 0.156. The van der Waals surface area contributed by atoms with Crippen molar-refractivity contribution in [2.45, 2.75) is 59.0 Å². The van der Waals surface area contributed by atoms with Gasteiger partial charge >= 0.3 is 0 Å². The third-order valence-electron chi connectivity index (χ3n) is 7.75. The molecule has 0 radical (unpaired) electrons. The van der Waals surface area contributed by atoms with Gasteiger partial charge in [0.25, 0.3) is 10.0 Å². The Morgan fingerprint density at radius 2 is 1.10 bits per heavy atom. The van der Waals surface area contributed by atoms with Crippen molar-refractivity contribution in [1.29, 1.82) is 0 Å². The minimum atomic E-state index is -0.283. The molecule has 208 valence electrons. The van der Waals surface area contributed by atoms with Gasteiger partial charge in [-0.25, -0.2) is 0 Å². The van der Waals surface area contributed by atoms with E-state index >= 15 is 0 Å². The molecule has 0 fully saturated rings. The van der Waals surface area contributed by atoms with Crippen molar-refractivity contribution >= 4 is 66.8 Å². The Hall–Kier alpha value is -3.88. The minimum absolute atomic E-state index is 0.0749. The summed E-state index contributed by atoms with van der Waals surface area (Å²) in [6.45, 7) is 5.94. The average molecular weight is 585 g/mol. The fourth-order valence-corrected chi connectivity index (χ4v) is 7.65. The third-order valence-corrected chi connectivity index (χ3v) is 9.98. The average Bonchev–Trinajstić information content (AvgIpc) is 3.53. The number of hydrogen-bond donors (Lipinski definition) is 2.